The van der Waals surface area contributed by atoms with Crippen LogP contribution < -0.4 is 15.4 Å². The van der Waals surface area contributed by atoms with Crippen molar-refractivity contribution in [3.05, 3.63) is 42.0 Å². The molecule has 0 spiro atoms. The van der Waals surface area contributed by atoms with Gasteiger partial charge in [0, 0.05) is 0 Å². The highest BCUT2D eigenvalue weighted by Crippen LogP contribution is 2.29. The van der Waals surface area contributed by atoms with Crippen molar-refractivity contribution in [3.63, 3.8) is 0 Å². The number of amides is 2. The van der Waals surface area contributed by atoms with Gasteiger partial charge < -0.3 is 20.5 Å². The number of urea groups is 1. The third kappa shape index (κ3) is 3.87. The molecule has 1 atom stereocenters. The molecule has 5 heteroatoms. The van der Waals surface area contributed by atoms with Crippen molar-refractivity contribution in [3.8, 4) is 5.75 Å². The minimum Gasteiger partial charge on any atom is -0.497 e. The smallest absolute Gasteiger partial charge is 0.315 e. The number of carbonyl (C=O) groups is 1. The van der Waals surface area contributed by atoms with E-state index in [1.807, 2.05) is 37.3 Å². The van der Waals surface area contributed by atoms with Gasteiger partial charge in [-0.25, -0.2) is 4.79 Å². The number of methoxy groups -OCH3 is 1. The molecule has 2 amide bonds. The van der Waals surface area contributed by atoms with Gasteiger partial charge in [0.05, 0.1) is 25.3 Å². The van der Waals surface area contributed by atoms with Gasteiger partial charge in [-0.1, -0.05) is 31.0 Å². The molecule has 1 aliphatic carbocycles. The Morgan fingerprint density at radius 1 is 1.20 bits per heavy atom. The highest BCUT2D eigenvalue weighted by Gasteiger charge is 2.34. The Morgan fingerprint density at radius 2 is 1.88 bits per heavy atom. The van der Waals surface area contributed by atoms with Crippen molar-refractivity contribution in [2.45, 2.75) is 44.2 Å². The first-order valence-corrected chi connectivity index (χ1v) is 8.82. The number of aliphatic hydroxyl groups is 1. The van der Waals surface area contributed by atoms with Crippen LogP contribution in [0.15, 0.2) is 36.4 Å². The Balaban J connectivity index is 1.69. The summed E-state index contributed by atoms with van der Waals surface area (Å²) < 4.78 is 5.25. The molecule has 3 N–H and O–H groups in total. The zero-order valence-electron chi connectivity index (χ0n) is 14.8. The number of nitrogens with one attached hydrogen (secondary N) is 2. The maximum atomic E-state index is 12.3. The Bertz CT molecular complexity index is 754. The van der Waals surface area contributed by atoms with Gasteiger partial charge in [0.15, 0.2) is 0 Å². The van der Waals surface area contributed by atoms with E-state index in [4.69, 9.17) is 4.74 Å². The first-order valence-electron chi connectivity index (χ1n) is 8.82. The Hall–Kier alpha value is -2.27. The van der Waals surface area contributed by atoms with E-state index < -0.39 is 5.54 Å². The summed E-state index contributed by atoms with van der Waals surface area (Å²) in [6, 6.07) is 11.7. The van der Waals surface area contributed by atoms with Crippen LogP contribution in [-0.2, 0) is 0 Å². The minimum absolute atomic E-state index is 0.00733. The minimum atomic E-state index is -0.455. The largest absolute Gasteiger partial charge is 0.497 e. The molecule has 3 rings (SSSR count). The van der Waals surface area contributed by atoms with E-state index >= 15 is 0 Å². The van der Waals surface area contributed by atoms with E-state index in [2.05, 4.69) is 16.7 Å². The van der Waals surface area contributed by atoms with Crippen LogP contribution in [0.4, 0.5) is 4.79 Å². The molecule has 0 heterocycles. The lowest BCUT2D eigenvalue weighted by atomic mass is 9.99. The zero-order valence-corrected chi connectivity index (χ0v) is 14.8. The maximum absolute atomic E-state index is 12.3. The molecular weight excluding hydrogens is 316 g/mol. The van der Waals surface area contributed by atoms with Gasteiger partial charge in [-0.15, -0.1) is 0 Å². The number of ether oxygens (including phenoxy) is 1. The van der Waals surface area contributed by atoms with E-state index in [1.54, 1.807) is 7.11 Å². The zero-order chi connectivity index (χ0) is 17.9. The molecule has 2 aromatic rings. The fourth-order valence-corrected chi connectivity index (χ4v) is 3.57. The number of fused-ring (bicyclic) bond motifs is 1. The molecule has 0 radical (unpaired) electrons. The summed E-state index contributed by atoms with van der Waals surface area (Å²) in [5, 5.41) is 17.8. The molecule has 2 aromatic carbocycles. The molecule has 1 fully saturated rings. The van der Waals surface area contributed by atoms with Gasteiger partial charge in [0.25, 0.3) is 0 Å². The lowest BCUT2D eigenvalue weighted by Gasteiger charge is -2.29. The molecule has 134 valence electrons. The monoisotopic (exact) mass is 342 g/mol. The number of aliphatic hydroxyl groups excluding tert-OH is 1. The molecule has 1 saturated carbocycles. The van der Waals surface area contributed by atoms with Crippen molar-refractivity contribution in [1.29, 1.82) is 0 Å². The van der Waals surface area contributed by atoms with Crippen LogP contribution >= 0.6 is 0 Å². The second kappa shape index (κ2) is 7.31. The number of carbonyl (C=O) groups excluding carboxylic acids is 1. The van der Waals surface area contributed by atoms with Gasteiger partial charge in [0.2, 0.25) is 0 Å². The van der Waals surface area contributed by atoms with Crippen LogP contribution in [0.25, 0.3) is 10.8 Å². The van der Waals surface area contributed by atoms with Gasteiger partial charge in [-0.3, -0.25) is 0 Å². The highest BCUT2D eigenvalue weighted by molar-refractivity contribution is 5.85. The topological polar surface area (TPSA) is 70.6 Å². The average Bonchev–Trinajstić information content (AvgIpc) is 3.09. The predicted octanol–water partition coefficient (Wildman–Crippen LogP) is 3.51. The molecule has 5 nitrogen and oxygen atoms in total. The van der Waals surface area contributed by atoms with Crippen molar-refractivity contribution in [1.82, 2.24) is 10.6 Å². The Kier molecular flexibility index (Phi) is 5.13. The lowest BCUT2D eigenvalue weighted by Crippen LogP contribution is -2.53. The third-order valence-corrected chi connectivity index (χ3v) is 5.16. The van der Waals surface area contributed by atoms with Gasteiger partial charge in [-0.2, -0.15) is 0 Å². The standard InChI is InChI=1S/C20H26N2O3/c1-14(21-19(24)22-20(13-23)9-3-4-10-20)15-5-6-17-12-18(25-2)8-7-16(17)11-15/h5-8,11-12,14,23H,3-4,9-10,13H2,1-2H3,(H2,21,22,24)/t14-/m0/s1. The van der Waals surface area contributed by atoms with E-state index in [1.165, 1.54) is 0 Å². The summed E-state index contributed by atoms with van der Waals surface area (Å²) in [5.74, 6) is 0.830. The van der Waals surface area contributed by atoms with Gasteiger partial charge in [0.1, 0.15) is 5.75 Å². The molecule has 1 aliphatic rings. The van der Waals surface area contributed by atoms with Crippen molar-refractivity contribution in [2.75, 3.05) is 13.7 Å². The molecule has 0 bridgehead atoms. The summed E-state index contributed by atoms with van der Waals surface area (Å²) in [4.78, 5) is 12.3. The number of hydrogen-bond donors (Lipinski definition) is 3. The predicted molar refractivity (Wildman–Crippen MR) is 98.9 cm³/mol. The molecule has 0 aliphatic heterocycles. The Labute approximate surface area is 148 Å². The highest BCUT2D eigenvalue weighted by atomic mass is 16.5. The van der Waals surface area contributed by atoms with Crippen LogP contribution in [0.1, 0.15) is 44.2 Å². The summed E-state index contributed by atoms with van der Waals surface area (Å²) in [6.45, 7) is 1.96. The number of hydrogen-bond acceptors (Lipinski definition) is 3. The summed E-state index contributed by atoms with van der Waals surface area (Å²) in [7, 11) is 1.66. The van der Waals surface area contributed by atoms with Gasteiger partial charge in [-0.05, 0) is 54.3 Å². The van der Waals surface area contributed by atoms with Crippen LogP contribution in [0.2, 0.25) is 0 Å². The van der Waals surface area contributed by atoms with Crippen LogP contribution in [0, 0.1) is 0 Å². The van der Waals surface area contributed by atoms with Crippen LogP contribution in [-0.4, -0.2) is 30.4 Å². The lowest BCUT2D eigenvalue weighted by molar-refractivity contribution is 0.162. The number of rotatable bonds is 5. The van der Waals surface area contributed by atoms with Crippen molar-refractivity contribution in [2.24, 2.45) is 0 Å². The second-order valence-electron chi connectivity index (χ2n) is 6.94. The van der Waals surface area contributed by atoms with E-state index in [0.717, 1.165) is 47.8 Å². The SMILES string of the molecule is COc1ccc2cc([C@H](C)NC(=O)NC3(CO)CCCC3)ccc2c1. The summed E-state index contributed by atoms with van der Waals surface area (Å²) in [5.41, 5.74) is 0.585. The quantitative estimate of drug-likeness (QED) is 0.779. The van der Waals surface area contributed by atoms with Crippen LogP contribution in [0.3, 0.4) is 0 Å². The van der Waals surface area contributed by atoms with E-state index in [0.29, 0.717) is 0 Å². The first-order chi connectivity index (χ1) is 12.0. The fraction of sp³-hybridized carbons (Fsp3) is 0.450. The summed E-state index contributed by atoms with van der Waals surface area (Å²) >= 11 is 0. The Morgan fingerprint density at radius 3 is 2.56 bits per heavy atom. The van der Waals surface area contributed by atoms with Crippen LogP contribution in [0.5, 0.6) is 5.75 Å². The number of benzene rings is 2. The first kappa shape index (κ1) is 17.5. The normalized spacial score (nSPS) is 17.2. The fourth-order valence-electron chi connectivity index (χ4n) is 3.57. The molecular formula is C20H26N2O3. The van der Waals surface area contributed by atoms with Crippen molar-refractivity contribution < 1.29 is 14.6 Å². The molecule has 0 saturated heterocycles. The molecule has 0 unspecified atom stereocenters. The van der Waals surface area contributed by atoms with Gasteiger partial charge >= 0.3 is 6.03 Å². The molecule has 25 heavy (non-hydrogen) atoms. The summed E-state index contributed by atoms with van der Waals surface area (Å²) in [6.07, 6.45) is 3.77. The van der Waals surface area contributed by atoms with E-state index in [9.17, 15) is 9.90 Å². The molecule has 0 aromatic heterocycles. The average molecular weight is 342 g/mol. The second-order valence-corrected chi connectivity index (χ2v) is 6.94. The van der Waals surface area contributed by atoms with E-state index in [-0.39, 0.29) is 18.7 Å². The van der Waals surface area contributed by atoms with Crippen molar-refractivity contribution >= 4 is 16.8 Å². The maximum Gasteiger partial charge on any atom is 0.315 e. The third-order valence-electron chi connectivity index (χ3n) is 5.16.